The van der Waals surface area contributed by atoms with Crippen LogP contribution in [0.25, 0.3) is 0 Å². The number of carbonyl (C=O) groups is 1. The summed E-state index contributed by atoms with van der Waals surface area (Å²) in [5.74, 6) is 0.654. The lowest BCUT2D eigenvalue weighted by atomic mass is 10.1. The topological polar surface area (TPSA) is 38.3 Å². The molecule has 0 atom stereocenters. The third-order valence-electron chi connectivity index (χ3n) is 4.08. The van der Waals surface area contributed by atoms with Gasteiger partial charge in [0.1, 0.15) is 5.75 Å². The molecular weight excluding hydrogens is 378 g/mol. The smallest absolute Gasteiger partial charge is 0.255 e. The second kappa shape index (κ2) is 9.62. The zero-order chi connectivity index (χ0) is 18.2. The van der Waals surface area contributed by atoms with Crippen LogP contribution < -0.4 is 10.1 Å². The van der Waals surface area contributed by atoms with E-state index in [4.69, 9.17) is 4.74 Å². The van der Waals surface area contributed by atoms with Gasteiger partial charge in [-0.15, -0.1) is 0 Å². The van der Waals surface area contributed by atoms with Gasteiger partial charge < -0.3 is 10.1 Å². The van der Waals surface area contributed by atoms with Gasteiger partial charge in [-0.25, -0.2) is 0 Å². The predicted molar refractivity (Wildman–Crippen MR) is 108 cm³/mol. The number of carbonyl (C=O) groups excluding carboxylic acids is 1. The maximum absolute atomic E-state index is 12.5. The van der Waals surface area contributed by atoms with Gasteiger partial charge in [0.15, 0.2) is 0 Å². The second-order valence-electron chi connectivity index (χ2n) is 6.33. The van der Waals surface area contributed by atoms with Crippen LogP contribution in [-0.2, 0) is 0 Å². The van der Waals surface area contributed by atoms with Crippen molar-refractivity contribution in [2.45, 2.75) is 46.5 Å². The molecule has 0 spiro atoms. The molecule has 25 heavy (non-hydrogen) atoms. The highest BCUT2D eigenvalue weighted by molar-refractivity contribution is 9.10. The van der Waals surface area contributed by atoms with Crippen LogP contribution in [0.1, 0.15) is 54.1 Å². The van der Waals surface area contributed by atoms with Gasteiger partial charge in [-0.1, -0.05) is 43.9 Å². The Balaban J connectivity index is 1.97. The normalized spacial score (nSPS) is 10.6. The Labute approximate surface area is 158 Å². The number of hydrogen-bond acceptors (Lipinski definition) is 2. The lowest BCUT2D eigenvalue weighted by molar-refractivity contribution is 0.102. The van der Waals surface area contributed by atoms with Crippen LogP contribution in [0.5, 0.6) is 5.75 Å². The highest BCUT2D eigenvalue weighted by Crippen LogP contribution is 2.27. The molecule has 0 aliphatic rings. The minimum Gasteiger partial charge on any atom is -0.492 e. The van der Waals surface area contributed by atoms with E-state index >= 15 is 0 Å². The summed E-state index contributed by atoms with van der Waals surface area (Å²) < 4.78 is 6.59. The minimum atomic E-state index is -0.123. The van der Waals surface area contributed by atoms with Crippen LogP contribution in [-0.4, -0.2) is 12.5 Å². The molecule has 0 fully saturated rings. The monoisotopic (exact) mass is 403 g/mol. The molecule has 0 aliphatic carbocycles. The molecule has 0 bridgehead atoms. The number of unbranched alkanes of at least 4 members (excludes halogenated alkanes) is 3. The third kappa shape index (κ3) is 5.89. The van der Waals surface area contributed by atoms with Crippen LogP contribution in [0.15, 0.2) is 40.9 Å². The Bertz CT molecular complexity index is 728. The van der Waals surface area contributed by atoms with Crippen LogP contribution in [0.4, 0.5) is 5.69 Å². The molecule has 134 valence electrons. The van der Waals surface area contributed by atoms with Gasteiger partial charge in [0.2, 0.25) is 0 Å². The van der Waals surface area contributed by atoms with E-state index in [1.54, 1.807) is 12.1 Å². The molecule has 3 nitrogen and oxygen atoms in total. The van der Waals surface area contributed by atoms with E-state index in [0.717, 1.165) is 27.9 Å². The van der Waals surface area contributed by atoms with E-state index in [1.807, 2.05) is 32.0 Å². The average Bonchev–Trinajstić information content (AvgIpc) is 2.58. The highest BCUT2D eigenvalue weighted by Gasteiger charge is 2.11. The summed E-state index contributed by atoms with van der Waals surface area (Å²) in [5, 5.41) is 2.97. The van der Waals surface area contributed by atoms with Crippen molar-refractivity contribution in [1.29, 1.82) is 0 Å². The number of hydrogen-bond donors (Lipinski definition) is 1. The Hall–Kier alpha value is -1.81. The quantitative estimate of drug-likeness (QED) is 0.526. The summed E-state index contributed by atoms with van der Waals surface area (Å²) in [6, 6.07) is 11.4. The van der Waals surface area contributed by atoms with Crippen molar-refractivity contribution in [1.82, 2.24) is 0 Å². The maximum atomic E-state index is 12.5. The molecular formula is C21H26BrNO2. The number of aryl methyl sites for hydroxylation is 2. The van der Waals surface area contributed by atoms with Crippen LogP contribution in [0.2, 0.25) is 0 Å². The van der Waals surface area contributed by atoms with Crippen molar-refractivity contribution in [3.05, 3.63) is 57.6 Å². The number of ether oxygens (including phenoxy) is 1. The molecule has 2 aromatic carbocycles. The van der Waals surface area contributed by atoms with Crippen molar-refractivity contribution in [3.8, 4) is 5.75 Å². The fraction of sp³-hybridized carbons (Fsp3) is 0.381. The lowest BCUT2D eigenvalue weighted by Crippen LogP contribution is -2.13. The first kappa shape index (κ1) is 19.5. The standard InChI is InChI=1S/C21H26BrNO2/c1-4-5-6-7-12-25-20-11-9-17(14-18(20)22)21(24)23-19-10-8-15(2)13-16(19)3/h8-11,13-14H,4-7,12H2,1-3H3,(H,23,24). The second-order valence-corrected chi connectivity index (χ2v) is 7.18. The number of anilines is 1. The summed E-state index contributed by atoms with van der Waals surface area (Å²) in [4.78, 5) is 12.5. The Morgan fingerprint density at radius 2 is 1.88 bits per heavy atom. The number of halogens is 1. The molecule has 1 N–H and O–H groups in total. The summed E-state index contributed by atoms with van der Waals surface area (Å²) in [7, 11) is 0. The van der Waals surface area contributed by atoms with Gasteiger partial charge >= 0.3 is 0 Å². The Kier molecular flexibility index (Phi) is 7.51. The average molecular weight is 404 g/mol. The largest absolute Gasteiger partial charge is 0.492 e. The van der Waals surface area contributed by atoms with Gasteiger partial charge in [-0.3, -0.25) is 4.79 Å². The Morgan fingerprint density at radius 1 is 1.08 bits per heavy atom. The molecule has 0 aromatic heterocycles. The number of amides is 1. The number of benzene rings is 2. The van der Waals surface area contributed by atoms with Gasteiger partial charge in [-0.2, -0.15) is 0 Å². The third-order valence-corrected chi connectivity index (χ3v) is 4.70. The van der Waals surface area contributed by atoms with Crippen molar-refractivity contribution in [2.24, 2.45) is 0 Å². The van der Waals surface area contributed by atoms with E-state index in [2.05, 4.69) is 34.2 Å². The van der Waals surface area contributed by atoms with E-state index in [0.29, 0.717) is 12.2 Å². The molecule has 2 aromatic rings. The summed E-state index contributed by atoms with van der Waals surface area (Å²) in [6.07, 6.45) is 4.69. The SMILES string of the molecule is CCCCCCOc1ccc(C(=O)Nc2ccc(C)cc2C)cc1Br. The van der Waals surface area contributed by atoms with Gasteiger partial charge in [0.25, 0.3) is 5.91 Å². The first-order valence-corrected chi connectivity index (χ1v) is 9.61. The number of nitrogens with one attached hydrogen (secondary N) is 1. The van der Waals surface area contributed by atoms with Crippen LogP contribution in [0, 0.1) is 13.8 Å². The molecule has 0 heterocycles. The number of rotatable bonds is 8. The van der Waals surface area contributed by atoms with E-state index in [1.165, 1.54) is 24.8 Å². The van der Waals surface area contributed by atoms with E-state index < -0.39 is 0 Å². The zero-order valence-corrected chi connectivity index (χ0v) is 16.8. The summed E-state index contributed by atoms with van der Waals surface area (Å²) >= 11 is 3.50. The molecule has 0 aliphatic heterocycles. The van der Waals surface area contributed by atoms with Crippen molar-refractivity contribution in [2.75, 3.05) is 11.9 Å². The van der Waals surface area contributed by atoms with Crippen molar-refractivity contribution < 1.29 is 9.53 Å². The van der Waals surface area contributed by atoms with Gasteiger partial charge in [0.05, 0.1) is 11.1 Å². The van der Waals surface area contributed by atoms with E-state index in [9.17, 15) is 4.79 Å². The van der Waals surface area contributed by atoms with Crippen LogP contribution in [0.3, 0.4) is 0 Å². The highest BCUT2D eigenvalue weighted by atomic mass is 79.9. The molecule has 0 unspecified atom stereocenters. The zero-order valence-electron chi connectivity index (χ0n) is 15.2. The molecule has 2 rings (SSSR count). The fourth-order valence-corrected chi connectivity index (χ4v) is 3.11. The maximum Gasteiger partial charge on any atom is 0.255 e. The molecule has 1 amide bonds. The molecule has 0 saturated heterocycles. The van der Waals surface area contributed by atoms with Crippen molar-refractivity contribution in [3.63, 3.8) is 0 Å². The minimum absolute atomic E-state index is 0.123. The molecule has 0 radical (unpaired) electrons. The van der Waals surface area contributed by atoms with Gasteiger partial charge in [-0.05, 0) is 66.0 Å². The van der Waals surface area contributed by atoms with E-state index in [-0.39, 0.29) is 5.91 Å². The first-order valence-electron chi connectivity index (χ1n) is 8.82. The van der Waals surface area contributed by atoms with Crippen molar-refractivity contribution >= 4 is 27.5 Å². The van der Waals surface area contributed by atoms with Gasteiger partial charge in [0, 0.05) is 11.3 Å². The Morgan fingerprint density at radius 3 is 2.56 bits per heavy atom. The lowest BCUT2D eigenvalue weighted by Gasteiger charge is -2.11. The molecule has 0 saturated carbocycles. The predicted octanol–water partition coefficient (Wildman–Crippen LogP) is 6.28. The fourth-order valence-electron chi connectivity index (χ4n) is 2.62. The van der Waals surface area contributed by atoms with Crippen LogP contribution >= 0.6 is 15.9 Å². The first-order chi connectivity index (χ1) is 12.0. The summed E-state index contributed by atoms with van der Waals surface area (Å²) in [5.41, 5.74) is 3.67. The molecule has 4 heteroatoms. The summed E-state index contributed by atoms with van der Waals surface area (Å²) in [6.45, 7) is 6.93.